The summed E-state index contributed by atoms with van der Waals surface area (Å²) in [5, 5.41) is 6.74. The van der Waals surface area contributed by atoms with Crippen molar-refractivity contribution in [3.05, 3.63) is 101 Å². The summed E-state index contributed by atoms with van der Waals surface area (Å²) in [5.41, 5.74) is 5.51. The van der Waals surface area contributed by atoms with Gasteiger partial charge in [-0.1, -0.05) is 60.7 Å². The van der Waals surface area contributed by atoms with Crippen molar-refractivity contribution in [2.75, 3.05) is 5.32 Å². The minimum absolute atomic E-state index is 0.130. The fraction of sp³-hybridized carbons (Fsp3) is 0.185. The van der Waals surface area contributed by atoms with E-state index in [-0.39, 0.29) is 12.5 Å². The summed E-state index contributed by atoms with van der Waals surface area (Å²) >= 11 is 0. The van der Waals surface area contributed by atoms with Crippen molar-refractivity contribution in [2.24, 2.45) is 0 Å². The third-order valence-corrected chi connectivity index (χ3v) is 5.57. The van der Waals surface area contributed by atoms with E-state index in [2.05, 4.69) is 15.6 Å². The Bertz CT molecular complexity index is 1260. The normalized spacial score (nSPS) is 11.7. The number of fused-ring (bicyclic) bond motifs is 1. The zero-order valence-electron chi connectivity index (χ0n) is 18.7. The van der Waals surface area contributed by atoms with Crippen LogP contribution in [0.2, 0.25) is 0 Å². The molecule has 1 heterocycles. The van der Waals surface area contributed by atoms with Gasteiger partial charge in [0.15, 0.2) is 0 Å². The highest BCUT2D eigenvalue weighted by Crippen LogP contribution is 2.21. The third-order valence-electron chi connectivity index (χ3n) is 5.57. The molecule has 3 N–H and O–H groups in total. The highest BCUT2D eigenvalue weighted by atomic mass is 16.5. The first-order valence-corrected chi connectivity index (χ1v) is 10.9. The fourth-order valence-corrected chi connectivity index (χ4v) is 3.73. The van der Waals surface area contributed by atoms with Gasteiger partial charge in [0.25, 0.3) is 0 Å². The molecule has 4 rings (SSSR count). The summed E-state index contributed by atoms with van der Waals surface area (Å²) < 4.78 is 5.37. The van der Waals surface area contributed by atoms with Gasteiger partial charge in [-0.25, -0.2) is 4.79 Å². The second-order valence-corrected chi connectivity index (χ2v) is 8.13. The van der Waals surface area contributed by atoms with E-state index in [4.69, 9.17) is 4.74 Å². The molecule has 0 aliphatic rings. The molecule has 4 aromatic rings. The van der Waals surface area contributed by atoms with Crippen LogP contribution < -0.4 is 10.6 Å². The molecular weight excluding hydrogens is 414 g/mol. The molecule has 33 heavy (non-hydrogen) atoms. The molecule has 0 radical (unpaired) electrons. The molecule has 2 amide bonds. The number of aromatic amines is 1. The molecule has 0 saturated carbocycles. The van der Waals surface area contributed by atoms with Gasteiger partial charge in [0.05, 0.1) is 0 Å². The van der Waals surface area contributed by atoms with E-state index in [1.165, 1.54) is 0 Å². The Kier molecular flexibility index (Phi) is 6.74. The number of aryl methyl sites for hydroxylation is 2. The Morgan fingerprint density at radius 1 is 0.970 bits per heavy atom. The van der Waals surface area contributed by atoms with E-state index in [1.807, 2.05) is 92.8 Å². The average molecular weight is 442 g/mol. The minimum atomic E-state index is -0.813. The number of rotatable bonds is 7. The first-order chi connectivity index (χ1) is 16.0. The molecule has 0 aliphatic carbocycles. The Labute approximate surface area is 193 Å². The first kappa shape index (κ1) is 22.1. The summed E-state index contributed by atoms with van der Waals surface area (Å²) in [4.78, 5) is 29.1. The number of ether oxygens (including phenoxy) is 1. The maximum atomic E-state index is 13.3. The minimum Gasteiger partial charge on any atom is -0.445 e. The smallest absolute Gasteiger partial charge is 0.408 e. The van der Waals surface area contributed by atoms with Crippen LogP contribution in [0.25, 0.3) is 10.9 Å². The van der Waals surface area contributed by atoms with E-state index in [0.29, 0.717) is 6.42 Å². The van der Waals surface area contributed by atoms with Crippen LogP contribution in [-0.2, 0) is 22.6 Å². The molecule has 6 heteroatoms. The van der Waals surface area contributed by atoms with Crippen molar-refractivity contribution in [1.29, 1.82) is 0 Å². The molecule has 0 aliphatic heterocycles. The highest BCUT2D eigenvalue weighted by molar-refractivity contribution is 5.98. The van der Waals surface area contributed by atoms with Crippen LogP contribution in [0.4, 0.5) is 10.5 Å². The number of aromatic nitrogens is 1. The molecule has 0 fully saturated rings. The van der Waals surface area contributed by atoms with Gasteiger partial charge >= 0.3 is 6.09 Å². The SMILES string of the molecule is Cc1ccc(C)c(NC(=O)[C@H](Cc2c[nH]c3ccccc23)NC(=O)OCc2ccccc2)c1. The van der Waals surface area contributed by atoms with Gasteiger partial charge in [-0.05, 0) is 48.2 Å². The number of carbonyl (C=O) groups excluding carboxylic acids is 2. The highest BCUT2D eigenvalue weighted by Gasteiger charge is 2.24. The lowest BCUT2D eigenvalue weighted by molar-refractivity contribution is -0.118. The van der Waals surface area contributed by atoms with Gasteiger partial charge in [0.1, 0.15) is 12.6 Å². The van der Waals surface area contributed by atoms with E-state index in [0.717, 1.165) is 38.8 Å². The number of nitrogens with one attached hydrogen (secondary N) is 3. The summed E-state index contributed by atoms with van der Waals surface area (Å²) in [7, 11) is 0. The zero-order chi connectivity index (χ0) is 23.2. The molecule has 6 nitrogen and oxygen atoms in total. The second kappa shape index (κ2) is 10.0. The van der Waals surface area contributed by atoms with Gasteiger partial charge in [-0.15, -0.1) is 0 Å². The fourth-order valence-electron chi connectivity index (χ4n) is 3.73. The Morgan fingerprint density at radius 2 is 1.73 bits per heavy atom. The standard InChI is InChI=1S/C27H27N3O3/c1-18-12-13-19(2)24(14-18)29-26(31)25(15-21-16-28-23-11-7-6-10-22(21)23)30-27(32)33-17-20-8-4-3-5-9-20/h3-14,16,25,28H,15,17H2,1-2H3,(H,29,31)(H,30,32)/t25-/m0/s1. The van der Waals surface area contributed by atoms with Crippen LogP contribution in [0.1, 0.15) is 22.3 Å². The maximum absolute atomic E-state index is 13.3. The quantitative estimate of drug-likeness (QED) is 0.366. The molecule has 0 saturated heterocycles. The summed E-state index contributed by atoms with van der Waals surface area (Å²) in [5.74, 6) is -0.300. The molecule has 168 valence electrons. The van der Waals surface area contributed by atoms with Crippen LogP contribution in [-0.4, -0.2) is 23.0 Å². The predicted octanol–water partition coefficient (Wildman–Crippen LogP) is 5.26. The lowest BCUT2D eigenvalue weighted by Crippen LogP contribution is -2.45. The van der Waals surface area contributed by atoms with E-state index >= 15 is 0 Å². The molecule has 0 spiro atoms. The number of hydrogen-bond acceptors (Lipinski definition) is 3. The molecule has 0 unspecified atom stereocenters. The third kappa shape index (κ3) is 5.60. The van der Waals surface area contributed by atoms with Gasteiger partial charge in [-0.3, -0.25) is 4.79 Å². The van der Waals surface area contributed by atoms with Crippen molar-refractivity contribution in [2.45, 2.75) is 32.9 Å². The van der Waals surface area contributed by atoms with Crippen molar-refractivity contribution in [3.63, 3.8) is 0 Å². The largest absolute Gasteiger partial charge is 0.445 e. The number of alkyl carbamates (subject to hydrolysis) is 1. The van der Waals surface area contributed by atoms with E-state index < -0.39 is 12.1 Å². The second-order valence-electron chi connectivity index (χ2n) is 8.13. The number of hydrogen-bond donors (Lipinski definition) is 3. The van der Waals surface area contributed by atoms with Crippen LogP contribution in [0.15, 0.2) is 79.0 Å². The first-order valence-electron chi connectivity index (χ1n) is 10.9. The monoisotopic (exact) mass is 441 g/mol. The number of para-hydroxylation sites is 1. The number of amides is 2. The van der Waals surface area contributed by atoms with Gasteiger partial charge in [-0.2, -0.15) is 0 Å². The topological polar surface area (TPSA) is 83.2 Å². The maximum Gasteiger partial charge on any atom is 0.408 e. The number of carbonyl (C=O) groups is 2. The van der Waals surface area contributed by atoms with Crippen molar-refractivity contribution < 1.29 is 14.3 Å². The summed E-state index contributed by atoms with van der Waals surface area (Å²) in [6.07, 6.45) is 1.56. The summed E-state index contributed by atoms with van der Waals surface area (Å²) in [6.45, 7) is 4.04. The van der Waals surface area contributed by atoms with Crippen LogP contribution >= 0.6 is 0 Å². The average Bonchev–Trinajstić information content (AvgIpc) is 3.23. The molecule has 0 bridgehead atoms. The van der Waals surface area contributed by atoms with Gasteiger partial charge in [0.2, 0.25) is 5.91 Å². The molecule has 1 atom stereocenters. The number of benzene rings is 3. The van der Waals surface area contributed by atoms with Crippen LogP contribution in [0.5, 0.6) is 0 Å². The van der Waals surface area contributed by atoms with Crippen molar-refractivity contribution >= 4 is 28.6 Å². The number of H-pyrrole nitrogens is 1. The van der Waals surface area contributed by atoms with Crippen LogP contribution in [0, 0.1) is 13.8 Å². The molecule has 1 aromatic heterocycles. The number of anilines is 1. The predicted molar refractivity (Wildman–Crippen MR) is 130 cm³/mol. The summed E-state index contributed by atoms with van der Waals surface area (Å²) in [6, 6.07) is 22.4. The van der Waals surface area contributed by atoms with E-state index in [9.17, 15) is 9.59 Å². The van der Waals surface area contributed by atoms with Crippen molar-refractivity contribution in [3.8, 4) is 0 Å². The Balaban J connectivity index is 1.52. The van der Waals surface area contributed by atoms with E-state index in [1.54, 1.807) is 0 Å². The Morgan fingerprint density at radius 3 is 2.55 bits per heavy atom. The van der Waals surface area contributed by atoms with Crippen LogP contribution in [0.3, 0.4) is 0 Å². The lowest BCUT2D eigenvalue weighted by Gasteiger charge is -2.19. The zero-order valence-corrected chi connectivity index (χ0v) is 18.7. The molecular formula is C27H27N3O3. The van der Waals surface area contributed by atoms with Gasteiger partial charge in [0, 0.05) is 29.2 Å². The Hall–Kier alpha value is -4.06. The van der Waals surface area contributed by atoms with Gasteiger partial charge < -0.3 is 20.4 Å². The molecule has 3 aromatic carbocycles. The van der Waals surface area contributed by atoms with Crippen molar-refractivity contribution in [1.82, 2.24) is 10.3 Å². The lowest BCUT2D eigenvalue weighted by atomic mass is 10.0.